The zero-order chi connectivity index (χ0) is 18.0. The van der Waals surface area contributed by atoms with Crippen molar-refractivity contribution in [1.29, 1.82) is 0 Å². The van der Waals surface area contributed by atoms with Gasteiger partial charge in [-0.05, 0) is 43.2 Å². The molecule has 5 heteroatoms. The number of aromatic nitrogens is 1. The number of fused-ring (bicyclic) bond motifs is 1. The molecule has 2 aliphatic rings. The number of anilines is 3. The Labute approximate surface area is 152 Å². The molecule has 3 heterocycles. The number of halogens is 1. The Morgan fingerprint density at radius 3 is 2.85 bits per heavy atom. The standard InChI is InChI=1S/C21H23FN4/c1-4-14-11-23-16-7-5-6-13-10-18(26(14)19(13)16)21-24-17-9-12(2)8-15(22)20(17)25(21)3/h5-10,14,21,23-24H,4,11H2,1-3H3. The maximum Gasteiger partial charge on any atom is 0.148 e. The highest BCUT2D eigenvalue weighted by Crippen LogP contribution is 2.45. The van der Waals surface area contributed by atoms with Gasteiger partial charge in [-0.3, -0.25) is 0 Å². The van der Waals surface area contributed by atoms with Crippen LogP contribution in [0.3, 0.4) is 0 Å². The lowest BCUT2D eigenvalue weighted by Gasteiger charge is -2.31. The van der Waals surface area contributed by atoms with E-state index in [0.29, 0.717) is 11.7 Å². The summed E-state index contributed by atoms with van der Waals surface area (Å²) in [5.41, 5.74) is 6.08. The molecule has 0 spiro atoms. The van der Waals surface area contributed by atoms with Gasteiger partial charge in [0.2, 0.25) is 0 Å². The monoisotopic (exact) mass is 350 g/mol. The first-order chi connectivity index (χ1) is 12.6. The van der Waals surface area contributed by atoms with Gasteiger partial charge in [0.25, 0.3) is 0 Å². The van der Waals surface area contributed by atoms with Gasteiger partial charge in [0, 0.05) is 19.0 Å². The summed E-state index contributed by atoms with van der Waals surface area (Å²) in [4.78, 5) is 2.02. The Morgan fingerprint density at radius 2 is 2.04 bits per heavy atom. The molecular weight excluding hydrogens is 327 g/mol. The van der Waals surface area contributed by atoms with Gasteiger partial charge in [0.1, 0.15) is 12.0 Å². The van der Waals surface area contributed by atoms with Gasteiger partial charge in [0.05, 0.1) is 34.3 Å². The molecule has 0 fully saturated rings. The van der Waals surface area contributed by atoms with Crippen LogP contribution in [-0.2, 0) is 0 Å². The number of hydrogen-bond acceptors (Lipinski definition) is 3. The van der Waals surface area contributed by atoms with E-state index in [1.807, 2.05) is 24.9 Å². The first-order valence-electron chi connectivity index (χ1n) is 9.25. The van der Waals surface area contributed by atoms with Crippen molar-refractivity contribution in [3.05, 3.63) is 53.5 Å². The molecule has 134 valence electrons. The van der Waals surface area contributed by atoms with Crippen molar-refractivity contribution >= 4 is 28.0 Å². The maximum atomic E-state index is 14.6. The number of nitrogens with one attached hydrogen (secondary N) is 2. The molecule has 0 bridgehead atoms. The van der Waals surface area contributed by atoms with Crippen LogP contribution in [0.1, 0.15) is 36.8 Å². The van der Waals surface area contributed by atoms with E-state index in [2.05, 4.69) is 46.4 Å². The van der Waals surface area contributed by atoms with Crippen molar-refractivity contribution < 1.29 is 4.39 Å². The molecule has 0 amide bonds. The zero-order valence-electron chi connectivity index (χ0n) is 15.3. The van der Waals surface area contributed by atoms with Gasteiger partial charge in [0.15, 0.2) is 0 Å². The maximum absolute atomic E-state index is 14.6. The minimum Gasteiger partial charge on any atom is -0.381 e. The average molecular weight is 350 g/mol. The molecular formula is C21H23FN4. The van der Waals surface area contributed by atoms with E-state index >= 15 is 0 Å². The molecule has 2 N–H and O–H groups in total. The summed E-state index contributed by atoms with van der Waals surface area (Å²) >= 11 is 0. The SMILES string of the molecule is CCC1CNc2cccc3cc(C4Nc5cc(C)cc(F)c5N4C)n1c23. The van der Waals surface area contributed by atoms with Crippen LogP contribution >= 0.6 is 0 Å². The van der Waals surface area contributed by atoms with Crippen molar-refractivity contribution in [3.8, 4) is 0 Å². The third-order valence-electron chi connectivity index (χ3n) is 5.77. The predicted octanol–water partition coefficient (Wildman–Crippen LogP) is 5.03. The summed E-state index contributed by atoms with van der Waals surface area (Å²) in [7, 11) is 1.97. The second-order valence-corrected chi connectivity index (χ2v) is 7.43. The van der Waals surface area contributed by atoms with Gasteiger partial charge < -0.3 is 20.1 Å². The molecule has 0 aliphatic carbocycles. The number of aryl methyl sites for hydroxylation is 1. The number of hydrogen-bond donors (Lipinski definition) is 2. The van der Waals surface area contributed by atoms with Crippen LogP contribution in [0.15, 0.2) is 36.4 Å². The summed E-state index contributed by atoms with van der Waals surface area (Å²) in [6.07, 6.45) is 0.975. The fraction of sp³-hybridized carbons (Fsp3) is 0.333. The van der Waals surface area contributed by atoms with Crippen LogP contribution in [0, 0.1) is 12.7 Å². The first kappa shape index (κ1) is 15.6. The Morgan fingerprint density at radius 1 is 1.19 bits per heavy atom. The van der Waals surface area contributed by atoms with Crippen molar-refractivity contribution in [1.82, 2.24) is 4.57 Å². The summed E-state index contributed by atoms with van der Waals surface area (Å²) in [5, 5.41) is 8.34. The third kappa shape index (κ3) is 2.00. The molecule has 0 saturated carbocycles. The number of benzene rings is 2. The molecule has 2 atom stereocenters. The van der Waals surface area contributed by atoms with E-state index in [1.54, 1.807) is 6.07 Å². The molecule has 2 aliphatic heterocycles. The number of para-hydroxylation sites is 1. The van der Waals surface area contributed by atoms with Crippen molar-refractivity contribution in [3.63, 3.8) is 0 Å². The Bertz CT molecular complexity index is 1020. The molecule has 5 rings (SSSR count). The van der Waals surface area contributed by atoms with Crippen molar-refractivity contribution in [2.75, 3.05) is 29.1 Å². The summed E-state index contributed by atoms with van der Waals surface area (Å²) in [5.74, 6) is -0.165. The normalized spacial score (nSPS) is 20.8. The minimum absolute atomic E-state index is 0.0753. The molecule has 3 aromatic rings. The van der Waals surface area contributed by atoms with Crippen LogP contribution in [0.25, 0.3) is 10.9 Å². The summed E-state index contributed by atoms with van der Waals surface area (Å²) in [6, 6.07) is 12.7. The van der Waals surface area contributed by atoms with E-state index in [4.69, 9.17) is 0 Å². The summed E-state index contributed by atoms with van der Waals surface area (Å²) in [6.45, 7) is 5.07. The first-order valence-corrected chi connectivity index (χ1v) is 9.25. The third-order valence-corrected chi connectivity index (χ3v) is 5.77. The lowest BCUT2D eigenvalue weighted by Crippen LogP contribution is -2.30. The minimum atomic E-state index is -0.165. The fourth-order valence-corrected chi connectivity index (χ4v) is 4.55. The van der Waals surface area contributed by atoms with Crippen LogP contribution in [-0.4, -0.2) is 18.2 Å². The second-order valence-electron chi connectivity index (χ2n) is 7.43. The summed E-state index contributed by atoms with van der Waals surface area (Å²) < 4.78 is 17.0. The van der Waals surface area contributed by atoms with Crippen LogP contribution in [0.5, 0.6) is 0 Å². The molecule has 2 unspecified atom stereocenters. The molecule has 2 aromatic carbocycles. The van der Waals surface area contributed by atoms with Gasteiger partial charge >= 0.3 is 0 Å². The van der Waals surface area contributed by atoms with E-state index < -0.39 is 0 Å². The van der Waals surface area contributed by atoms with E-state index in [-0.39, 0.29) is 12.0 Å². The van der Waals surface area contributed by atoms with Crippen molar-refractivity contribution in [2.45, 2.75) is 32.5 Å². The average Bonchev–Trinajstić information content (AvgIpc) is 3.15. The number of nitrogens with zero attached hydrogens (tertiary/aromatic N) is 2. The number of rotatable bonds is 2. The lowest BCUT2D eigenvalue weighted by atomic mass is 10.1. The van der Waals surface area contributed by atoms with Crippen LogP contribution in [0.4, 0.5) is 21.5 Å². The molecule has 0 saturated heterocycles. The highest BCUT2D eigenvalue weighted by molar-refractivity contribution is 5.94. The van der Waals surface area contributed by atoms with E-state index in [1.165, 1.54) is 22.3 Å². The Hall–Kier alpha value is -2.69. The van der Waals surface area contributed by atoms with Gasteiger partial charge in [-0.2, -0.15) is 0 Å². The quantitative estimate of drug-likeness (QED) is 0.680. The zero-order valence-corrected chi connectivity index (χ0v) is 15.3. The Balaban J connectivity index is 1.70. The molecule has 4 nitrogen and oxygen atoms in total. The smallest absolute Gasteiger partial charge is 0.148 e. The van der Waals surface area contributed by atoms with E-state index in [9.17, 15) is 4.39 Å². The van der Waals surface area contributed by atoms with Gasteiger partial charge in [-0.25, -0.2) is 4.39 Å². The second kappa shape index (κ2) is 5.40. The van der Waals surface area contributed by atoms with Gasteiger partial charge in [-0.1, -0.05) is 19.1 Å². The predicted molar refractivity (Wildman–Crippen MR) is 106 cm³/mol. The van der Waals surface area contributed by atoms with Gasteiger partial charge in [-0.15, -0.1) is 0 Å². The molecule has 1 aromatic heterocycles. The molecule has 26 heavy (non-hydrogen) atoms. The highest BCUT2D eigenvalue weighted by atomic mass is 19.1. The van der Waals surface area contributed by atoms with Crippen molar-refractivity contribution in [2.24, 2.45) is 0 Å². The topological polar surface area (TPSA) is 32.2 Å². The fourth-order valence-electron chi connectivity index (χ4n) is 4.55. The highest BCUT2D eigenvalue weighted by Gasteiger charge is 2.34. The lowest BCUT2D eigenvalue weighted by molar-refractivity contribution is 0.488. The largest absolute Gasteiger partial charge is 0.381 e. The van der Waals surface area contributed by atoms with Crippen LogP contribution < -0.4 is 15.5 Å². The Kier molecular flexibility index (Phi) is 3.23. The molecule has 0 radical (unpaired) electrons. The van der Waals surface area contributed by atoms with E-state index in [0.717, 1.165) is 24.2 Å². The van der Waals surface area contributed by atoms with Crippen LogP contribution in [0.2, 0.25) is 0 Å².